The molecule has 1 heterocycles. The van der Waals surface area contributed by atoms with E-state index in [9.17, 15) is 4.79 Å². The fourth-order valence-corrected chi connectivity index (χ4v) is 3.06. The number of hydrogen-bond donors (Lipinski definition) is 1. The standard InChI is InChI=1S/C18H22N2OS/c1-15(16-10-6-4-7-11-16)9-5-2-3-8-14-22-18-19-13-12-17(21)20-18/h4,6-7,10-13H,1-3,5,8-9,14H2,(H,19,20,21). The highest BCUT2D eigenvalue weighted by Gasteiger charge is 1.99. The predicted octanol–water partition coefficient (Wildman–Crippen LogP) is 4.53. The molecule has 1 aromatic carbocycles. The van der Waals surface area contributed by atoms with Crippen LogP contribution in [0.15, 0.2) is 59.1 Å². The van der Waals surface area contributed by atoms with Crippen LogP contribution in [0.25, 0.3) is 5.57 Å². The van der Waals surface area contributed by atoms with Gasteiger partial charge in [0.2, 0.25) is 0 Å². The minimum Gasteiger partial charge on any atom is -0.301 e. The number of H-pyrrole nitrogens is 1. The van der Waals surface area contributed by atoms with Crippen molar-refractivity contribution in [2.75, 3.05) is 5.75 Å². The van der Waals surface area contributed by atoms with Gasteiger partial charge in [-0.25, -0.2) is 4.98 Å². The van der Waals surface area contributed by atoms with Crippen LogP contribution in [-0.2, 0) is 0 Å². The maximum Gasteiger partial charge on any atom is 0.251 e. The van der Waals surface area contributed by atoms with E-state index in [2.05, 4.69) is 40.8 Å². The van der Waals surface area contributed by atoms with Crippen LogP contribution in [0.1, 0.15) is 37.7 Å². The van der Waals surface area contributed by atoms with Gasteiger partial charge in [-0.05, 0) is 30.4 Å². The molecule has 22 heavy (non-hydrogen) atoms. The minimum atomic E-state index is -0.0862. The Morgan fingerprint density at radius 2 is 1.86 bits per heavy atom. The maximum atomic E-state index is 11.1. The van der Waals surface area contributed by atoms with Gasteiger partial charge in [0.15, 0.2) is 5.16 Å². The first kappa shape index (κ1) is 16.6. The van der Waals surface area contributed by atoms with E-state index >= 15 is 0 Å². The molecule has 0 saturated heterocycles. The second kappa shape index (κ2) is 9.26. The molecule has 0 spiro atoms. The van der Waals surface area contributed by atoms with Crippen LogP contribution in [0.4, 0.5) is 0 Å². The summed E-state index contributed by atoms with van der Waals surface area (Å²) in [6.07, 6.45) is 7.35. The van der Waals surface area contributed by atoms with Crippen LogP contribution in [0.5, 0.6) is 0 Å². The molecule has 0 radical (unpaired) electrons. The SMILES string of the molecule is C=C(CCCCCCSc1nccc(=O)[nH]1)c1ccccc1. The zero-order valence-corrected chi connectivity index (χ0v) is 13.6. The molecule has 0 saturated carbocycles. The second-order valence-electron chi connectivity index (χ2n) is 5.22. The first-order chi connectivity index (χ1) is 10.8. The van der Waals surface area contributed by atoms with E-state index in [1.165, 1.54) is 36.5 Å². The van der Waals surface area contributed by atoms with Crippen LogP contribution < -0.4 is 5.56 Å². The highest BCUT2D eigenvalue weighted by atomic mass is 32.2. The molecule has 0 atom stereocenters. The largest absolute Gasteiger partial charge is 0.301 e. The van der Waals surface area contributed by atoms with E-state index < -0.39 is 0 Å². The average molecular weight is 314 g/mol. The van der Waals surface area contributed by atoms with Gasteiger partial charge in [-0.1, -0.05) is 61.5 Å². The topological polar surface area (TPSA) is 45.8 Å². The maximum absolute atomic E-state index is 11.1. The Labute approximate surface area is 135 Å². The highest BCUT2D eigenvalue weighted by molar-refractivity contribution is 7.99. The predicted molar refractivity (Wildman–Crippen MR) is 94.1 cm³/mol. The number of hydrogen-bond acceptors (Lipinski definition) is 3. The van der Waals surface area contributed by atoms with Crippen molar-refractivity contribution in [1.29, 1.82) is 0 Å². The molecule has 0 amide bonds. The number of unbranched alkanes of at least 4 members (excludes halogenated alkanes) is 3. The summed E-state index contributed by atoms with van der Waals surface area (Å²) in [4.78, 5) is 18.0. The molecule has 116 valence electrons. The molecule has 2 rings (SSSR count). The van der Waals surface area contributed by atoms with E-state index in [0.29, 0.717) is 5.16 Å². The molecule has 0 unspecified atom stereocenters. The smallest absolute Gasteiger partial charge is 0.251 e. The Morgan fingerprint density at radius 1 is 1.09 bits per heavy atom. The zero-order chi connectivity index (χ0) is 15.6. The first-order valence-electron chi connectivity index (χ1n) is 7.67. The van der Waals surface area contributed by atoms with Crippen molar-refractivity contribution in [3.05, 3.63) is 65.1 Å². The number of nitrogens with zero attached hydrogens (tertiary/aromatic N) is 1. The minimum absolute atomic E-state index is 0.0862. The third kappa shape index (κ3) is 5.90. The van der Waals surface area contributed by atoms with Gasteiger partial charge in [-0.3, -0.25) is 4.79 Å². The van der Waals surface area contributed by atoms with Crippen molar-refractivity contribution in [2.24, 2.45) is 0 Å². The number of rotatable bonds is 9. The van der Waals surface area contributed by atoms with Crippen molar-refractivity contribution >= 4 is 17.3 Å². The third-order valence-corrected chi connectivity index (χ3v) is 4.42. The van der Waals surface area contributed by atoms with Gasteiger partial charge in [0, 0.05) is 18.0 Å². The summed E-state index contributed by atoms with van der Waals surface area (Å²) in [6, 6.07) is 11.8. The van der Waals surface area contributed by atoms with Crippen LogP contribution in [0.3, 0.4) is 0 Å². The number of aromatic nitrogens is 2. The molecule has 1 N–H and O–H groups in total. The van der Waals surface area contributed by atoms with Gasteiger partial charge in [-0.2, -0.15) is 0 Å². The van der Waals surface area contributed by atoms with E-state index in [1.54, 1.807) is 18.0 Å². The summed E-state index contributed by atoms with van der Waals surface area (Å²) in [6.45, 7) is 4.16. The monoisotopic (exact) mass is 314 g/mol. The van der Waals surface area contributed by atoms with Crippen LogP contribution in [-0.4, -0.2) is 15.7 Å². The summed E-state index contributed by atoms with van der Waals surface area (Å²) in [5, 5.41) is 0.713. The zero-order valence-electron chi connectivity index (χ0n) is 12.8. The van der Waals surface area contributed by atoms with Gasteiger partial charge < -0.3 is 4.98 Å². The third-order valence-electron chi connectivity index (χ3n) is 3.44. The van der Waals surface area contributed by atoms with Crippen molar-refractivity contribution in [3.63, 3.8) is 0 Å². The van der Waals surface area contributed by atoms with Crippen LogP contribution in [0.2, 0.25) is 0 Å². The molecular formula is C18H22N2OS. The highest BCUT2D eigenvalue weighted by Crippen LogP contribution is 2.20. The van der Waals surface area contributed by atoms with E-state index in [-0.39, 0.29) is 5.56 Å². The summed E-state index contributed by atoms with van der Waals surface area (Å²) in [7, 11) is 0. The van der Waals surface area contributed by atoms with Gasteiger partial charge in [-0.15, -0.1) is 0 Å². The van der Waals surface area contributed by atoms with E-state index in [0.717, 1.165) is 18.6 Å². The van der Waals surface area contributed by atoms with Gasteiger partial charge in [0.05, 0.1) is 0 Å². The molecule has 0 aliphatic heterocycles. The van der Waals surface area contributed by atoms with Gasteiger partial charge >= 0.3 is 0 Å². The molecular weight excluding hydrogens is 292 g/mol. The summed E-state index contributed by atoms with van der Waals surface area (Å²) < 4.78 is 0. The Morgan fingerprint density at radius 3 is 2.64 bits per heavy atom. The van der Waals surface area contributed by atoms with Crippen molar-refractivity contribution in [3.8, 4) is 0 Å². The average Bonchev–Trinajstić information content (AvgIpc) is 2.54. The Kier molecular flexibility index (Phi) is 6.97. The lowest BCUT2D eigenvalue weighted by molar-refractivity contribution is 0.682. The summed E-state index contributed by atoms with van der Waals surface area (Å²) in [5.74, 6) is 0.993. The Hall–Kier alpha value is -1.81. The number of thioether (sulfide) groups is 1. The fraction of sp³-hybridized carbons (Fsp3) is 0.333. The number of benzene rings is 1. The molecule has 0 aliphatic carbocycles. The van der Waals surface area contributed by atoms with Crippen molar-refractivity contribution in [1.82, 2.24) is 9.97 Å². The number of aromatic amines is 1. The first-order valence-corrected chi connectivity index (χ1v) is 8.65. The number of allylic oxidation sites excluding steroid dienone is 1. The normalized spacial score (nSPS) is 10.5. The summed E-state index contributed by atoms with van der Waals surface area (Å²) in [5.41, 5.74) is 2.38. The molecule has 2 aromatic rings. The lowest BCUT2D eigenvalue weighted by Crippen LogP contribution is -2.05. The Bertz CT molecular complexity index is 637. The van der Waals surface area contributed by atoms with Crippen LogP contribution >= 0.6 is 11.8 Å². The van der Waals surface area contributed by atoms with Gasteiger partial charge in [0.1, 0.15) is 0 Å². The molecule has 1 aromatic heterocycles. The molecule has 0 bridgehead atoms. The molecule has 0 fully saturated rings. The van der Waals surface area contributed by atoms with E-state index in [1.807, 2.05) is 6.07 Å². The van der Waals surface area contributed by atoms with E-state index in [4.69, 9.17) is 0 Å². The Balaban J connectivity index is 1.54. The lowest BCUT2D eigenvalue weighted by atomic mass is 10.0. The molecule has 0 aliphatic rings. The van der Waals surface area contributed by atoms with Crippen LogP contribution in [0, 0.1) is 0 Å². The fourth-order valence-electron chi connectivity index (χ4n) is 2.21. The summed E-state index contributed by atoms with van der Waals surface area (Å²) >= 11 is 1.61. The quantitative estimate of drug-likeness (QED) is 0.420. The lowest BCUT2D eigenvalue weighted by Gasteiger charge is -2.06. The van der Waals surface area contributed by atoms with Gasteiger partial charge in [0.25, 0.3) is 5.56 Å². The number of nitrogens with one attached hydrogen (secondary N) is 1. The second-order valence-corrected chi connectivity index (χ2v) is 6.31. The molecule has 3 nitrogen and oxygen atoms in total. The van der Waals surface area contributed by atoms with Crippen molar-refractivity contribution < 1.29 is 0 Å². The van der Waals surface area contributed by atoms with Crippen molar-refractivity contribution in [2.45, 2.75) is 37.3 Å². The molecule has 4 heteroatoms.